The first kappa shape index (κ1) is 25.6. The van der Waals surface area contributed by atoms with E-state index in [1.165, 1.54) is 59.6 Å². The highest BCUT2D eigenvalue weighted by atomic mass is 15.0. The molecule has 11 aromatic rings. The lowest BCUT2D eigenvalue weighted by Crippen LogP contribution is -2.03. The highest BCUT2D eigenvalue weighted by Crippen LogP contribution is 2.45. The van der Waals surface area contributed by atoms with Crippen LogP contribution in [0.2, 0.25) is 0 Å². The molecule has 0 saturated carbocycles. The Balaban J connectivity index is 1.37. The molecule has 0 unspecified atom stereocenters. The molecule has 4 aromatic heterocycles. The highest BCUT2D eigenvalue weighted by Gasteiger charge is 2.24. The number of aromatic nitrogens is 4. The minimum atomic E-state index is 0.710. The van der Waals surface area contributed by atoms with Gasteiger partial charge in [0.25, 0.3) is 0 Å². The summed E-state index contributed by atoms with van der Waals surface area (Å²) in [6.45, 7) is 0. The van der Waals surface area contributed by atoms with Gasteiger partial charge in [0.1, 0.15) is 0 Å². The molecule has 0 aliphatic heterocycles. The second-order valence-electron chi connectivity index (χ2n) is 12.6. The Labute approximate surface area is 275 Å². The van der Waals surface area contributed by atoms with Crippen LogP contribution in [0.1, 0.15) is 0 Å². The Morgan fingerprint density at radius 3 is 1.73 bits per heavy atom. The molecule has 0 spiro atoms. The molecule has 0 saturated heterocycles. The summed E-state index contributed by atoms with van der Waals surface area (Å²) in [5.41, 5.74) is 9.93. The van der Waals surface area contributed by atoms with Crippen molar-refractivity contribution >= 4 is 70.7 Å². The zero-order valence-corrected chi connectivity index (χ0v) is 25.8. The maximum absolute atomic E-state index is 5.29. The lowest BCUT2D eigenvalue weighted by atomic mass is 10.0. The van der Waals surface area contributed by atoms with Gasteiger partial charge in [-0.1, -0.05) is 140 Å². The number of nitrogens with zero attached hydrogens (tertiary/aromatic N) is 4. The lowest BCUT2D eigenvalue weighted by Gasteiger charge is -2.15. The molecule has 48 heavy (non-hydrogen) atoms. The standard InChI is InChI=1S/C44H26N4/c1-3-12-28(13-4-1)40-38(26-45-44(46-40)29-14-5-2-6-15-29)47-36-20-9-7-17-31(36)34-24-22-27-23-25-35-33-19-11-18-32-30-16-8-10-21-37(30)48(41(32)33)43(35)39(27)42(34)47/h1-26H. The molecule has 0 aliphatic rings. The molecule has 0 radical (unpaired) electrons. The fraction of sp³-hybridized carbons (Fsp3) is 0. The van der Waals surface area contributed by atoms with Gasteiger partial charge in [0, 0.05) is 48.8 Å². The van der Waals surface area contributed by atoms with E-state index < -0.39 is 0 Å². The Morgan fingerprint density at radius 2 is 0.979 bits per heavy atom. The molecule has 4 nitrogen and oxygen atoms in total. The number of rotatable bonds is 3. The van der Waals surface area contributed by atoms with Crippen LogP contribution in [0.4, 0.5) is 0 Å². The van der Waals surface area contributed by atoms with E-state index in [0.717, 1.165) is 33.5 Å². The minimum Gasteiger partial charge on any atom is -0.307 e. The Bertz CT molecular complexity index is 3040. The third kappa shape index (κ3) is 3.33. The van der Waals surface area contributed by atoms with Gasteiger partial charge in [-0.05, 0) is 17.5 Å². The van der Waals surface area contributed by atoms with Crippen molar-refractivity contribution in [1.29, 1.82) is 0 Å². The topological polar surface area (TPSA) is 35.1 Å². The summed E-state index contributed by atoms with van der Waals surface area (Å²) in [7, 11) is 0. The maximum atomic E-state index is 5.29. The zero-order chi connectivity index (χ0) is 31.3. The second-order valence-corrected chi connectivity index (χ2v) is 12.6. The lowest BCUT2D eigenvalue weighted by molar-refractivity contribution is 1.09. The van der Waals surface area contributed by atoms with E-state index in [2.05, 4.69) is 142 Å². The van der Waals surface area contributed by atoms with Crippen LogP contribution in [-0.2, 0) is 0 Å². The first-order chi connectivity index (χ1) is 23.8. The quantitative estimate of drug-likeness (QED) is 0.199. The number of hydrogen-bond donors (Lipinski definition) is 0. The van der Waals surface area contributed by atoms with E-state index in [-0.39, 0.29) is 0 Å². The van der Waals surface area contributed by atoms with E-state index >= 15 is 0 Å². The SMILES string of the molecule is c1ccc(-c2ncc(-n3c4ccccc4c4ccc5ccc6c7cccc8c9ccccc9n(c87)c6c5c43)c(-c3ccccc3)n2)cc1. The smallest absolute Gasteiger partial charge is 0.159 e. The van der Waals surface area contributed by atoms with Crippen molar-refractivity contribution in [2.75, 3.05) is 0 Å². The van der Waals surface area contributed by atoms with Gasteiger partial charge in [0.15, 0.2) is 5.82 Å². The number of fused-ring (bicyclic) bond motifs is 12. The third-order valence-electron chi connectivity index (χ3n) is 10.1. The summed E-state index contributed by atoms with van der Waals surface area (Å²) in [6, 6.07) is 54.2. The number of para-hydroxylation sites is 3. The first-order valence-corrected chi connectivity index (χ1v) is 16.4. The van der Waals surface area contributed by atoms with Gasteiger partial charge in [-0.25, -0.2) is 9.97 Å². The van der Waals surface area contributed by atoms with Crippen molar-refractivity contribution in [2.24, 2.45) is 0 Å². The van der Waals surface area contributed by atoms with Gasteiger partial charge in [-0.15, -0.1) is 0 Å². The number of benzene rings is 7. The molecular formula is C44H26N4. The minimum absolute atomic E-state index is 0.710. The Morgan fingerprint density at radius 1 is 0.417 bits per heavy atom. The predicted octanol–water partition coefficient (Wildman–Crippen LogP) is 11.2. The Hall–Kier alpha value is -6.52. The summed E-state index contributed by atoms with van der Waals surface area (Å²) in [6.07, 6.45) is 2.02. The van der Waals surface area contributed by atoms with Gasteiger partial charge in [0.2, 0.25) is 0 Å². The van der Waals surface area contributed by atoms with E-state index in [0.29, 0.717) is 5.82 Å². The molecule has 4 heteroatoms. The number of hydrogen-bond acceptors (Lipinski definition) is 2. The maximum Gasteiger partial charge on any atom is 0.159 e. The molecule has 4 heterocycles. The molecule has 0 fully saturated rings. The molecule has 222 valence electrons. The van der Waals surface area contributed by atoms with Crippen molar-refractivity contribution in [3.63, 3.8) is 0 Å². The third-order valence-corrected chi connectivity index (χ3v) is 10.1. The van der Waals surface area contributed by atoms with Gasteiger partial charge in [-0.2, -0.15) is 0 Å². The summed E-state index contributed by atoms with van der Waals surface area (Å²) in [4.78, 5) is 10.3. The largest absolute Gasteiger partial charge is 0.307 e. The predicted molar refractivity (Wildman–Crippen MR) is 199 cm³/mol. The van der Waals surface area contributed by atoms with Gasteiger partial charge in [-0.3, -0.25) is 0 Å². The summed E-state index contributed by atoms with van der Waals surface area (Å²) >= 11 is 0. The van der Waals surface area contributed by atoms with Crippen LogP contribution in [-0.4, -0.2) is 18.9 Å². The second kappa shape index (κ2) is 9.50. The fourth-order valence-electron chi connectivity index (χ4n) is 8.09. The van der Waals surface area contributed by atoms with Crippen molar-refractivity contribution < 1.29 is 0 Å². The van der Waals surface area contributed by atoms with E-state index in [4.69, 9.17) is 9.97 Å². The van der Waals surface area contributed by atoms with Crippen molar-refractivity contribution in [3.05, 3.63) is 158 Å². The fourth-order valence-corrected chi connectivity index (χ4v) is 8.09. The van der Waals surface area contributed by atoms with Crippen LogP contribution < -0.4 is 0 Å². The summed E-state index contributed by atoms with van der Waals surface area (Å²) in [5, 5.41) is 9.95. The van der Waals surface area contributed by atoms with Crippen molar-refractivity contribution in [1.82, 2.24) is 18.9 Å². The summed E-state index contributed by atoms with van der Waals surface area (Å²) < 4.78 is 4.92. The van der Waals surface area contributed by atoms with Crippen LogP contribution in [0.15, 0.2) is 158 Å². The molecule has 0 amide bonds. The highest BCUT2D eigenvalue weighted by molar-refractivity contribution is 6.32. The molecular weight excluding hydrogens is 585 g/mol. The first-order valence-electron chi connectivity index (χ1n) is 16.4. The van der Waals surface area contributed by atoms with Crippen LogP contribution in [0.3, 0.4) is 0 Å². The molecule has 7 aromatic carbocycles. The van der Waals surface area contributed by atoms with E-state index in [1.807, 2.05) is 24.4 Å². The average molecular weight is 611 g/mol. The molecule has 0 N–H and O–H groups in total. The van der Waals surface area contributed by atoms with Crippen LogP contribution in [0.25, 0.3) is 99.0 Å². The van der Waals surface area contributed by atoms with Gasteiger partial charge in [0.05, 0.1) is 45.2 Å². The van der Waals surface area contributed by atoms with Crippen molar-refractivity contribution in [2.45, 2.75) is 0 Å². The summed E-state index contributed by atoms with van der Waals surface area (Å²) in [5.74, 6) is 0.710. The molecule has 0 bridgehead atoms. The normalized spacial score (nSPS) is 12.2. The van der Waals surface area contributed by atoms with Crippen molar-refractivity contribution in [3.8, 4) is 28.3 Å². The average Bonchev–Trinajstić information content (AvgIpc) is 3.80. The van der Waals surface area contributed by atoms with E-state index in [1.54, 1.807) is 0 Å². The molecule has 11 rings (SSSR count). The Kier molecular flexibility index (Phi) is 5.08. The molecule has 0 aliphatic carbocycles. The van der Waals surface area contributed by atoms with Crippen LogP contribution in [0, 0.1) is 0 Å². The monoisotopic (exact) mass is 610 g/mol. The van der Waals surface area contributed by atoms with E-state index in [9.17, 15) is 0 Å². The van der Waals surface area contributed by atoms with Crippen LogP contribution in [0.5, 0.6) is 0 Å². The zero-order valence-electron chi connectivity index (χ0n) is 25.8. The van der Waals surface area contributed by atoms with Gasteiger partial charge < -0.3 is 8.97 Å². The van der Waals surface area contributed by atoms with Crippen LogP contribution >= 0.6 is 0 Å². The van der Waals surface area contributed by atoms with Gasteiger partial charge >= 0.3 is 0 Å². The molecule has 0 atom stereocenters.